The summed E-state index contributed by atoms with van der Waals surface area (Å²) in [7, 11) is 1.49. The molecular weight excluding hydrogens is 508 g/mol. The van der Waals surface area contributed by atoms with E-state index in [0.29, 0.717) is 41.8 Å². The van der Waals surface area contributed by atoms with Crippen molar-refractivity contribution >= 4 is 18.2 Å². The van der Waals surface area contributed by atoms with Gasteiger partial charge in [0.1, 0.15) is 12.0 Å². The van der Waals surface area contributed by atoms with Crippen molar-refractivity contribution in [3.8, 4) is 28.5 Å². The van der Waals surface area contributed by atoms with Crippen LogP contribution in [-0.2, 0) is 11.3 Å². The molecule has 0 bridgehead atoms. The van der Waals surface area contributed by atoms with E-state index in [1.165, 1.54) is 13.3 Å². The molecule has 2 aliphatic heterocycles. The number of hydrogen-bond acceptors (Lipinski definition) is 10. The second-order valence-corrected chi connectivity index (χ2v) is 10.6. The summed E-state index contributed by atoms with van der Waals surface area (Å²) in [6.45, 7) is 9.89. The number of nitrogens with one attached hydrogen (secondary N) is 2. The van der Waals surface area contributed by atoms with E-state index in [0.717, 1.165) is 74.3 Å². The van der Waals surface area contributed by atoms with Crippen molar-refractivity contribution in [3.05, 3.63) is 47.5 Å². The van der Waals surface area contributed by atoms with Crippen LogP contribution in [0, 0.1) is 5.41 Å². The molecular formula is C30H38N6O4. The number of ether oxygens (including phenoxy) is 2. The van der Waals surface area contributed by atoms with Gasteiger partial charge in [0, 0.05) is 73.6 Å². The number of aldehydes is 1. The summed E-state index contributed by atoms with van der Waals surface area (Å²) >= 11 is 0. The van der Waals surface area contributed by atoms with Crippen molar-refractivity contribution in [3.63, 3.8) is 0 Å². The van der Waals surface area contributed by atoms with Crippen LogP contribution >= 0.6 is 0 Å². The first kappa shape index (κ1) is 27.9. The van der Waals surface area contributed by atoms with E-state index in [2.05, 4.69) is 38.9 Å². The number of hydrogen-bond donors (Lipinski definition) is 2. The van der Waals surface area contributed by atoms with Crippen LogP contribution in [0.15, 0.2) is 35.0 Å². The smallest absolute Gasteiger partial charge is 0.227 e. The standard InChI is InChI=1S/C30H38N6O4/c1-20(2)36-9-7-35(8-10-36)18-24-17-33-30(40-24)25-13-21(22-12-23(19-37)29(38-3)32-16-22)14-27(26(25)15-31)34-28-6-4-5-11-39-28/h12-17,19-20,28,31,34H,4-11,18H2,1-3H3. The lowest BCUT2D eigenvalue weighted by atomic mass is 9.97. The molecule has 1 aromatic carbocycles. The van der Waals surface area contributed by atoms with E-state index in [1.807, 2.05) is 12.1 Å². The lowest BCUT2D eigenvalue weighted by Crippen LogP contribution is -2.48. The van der Waals surface area contributed by atoms with Crippen LogP contribution in [0.1, 0.15) is 54.8 Å². The number of carbonyl (C=O) groups is 1. The summed E-state index contributed by atoms with van der Waals surface area (Å²) in [5, 5.41) is 11.8. The quantitative estimate of drug-likeness (QED) is 0.276. The number of pyridine rings is 1. The van der Waals surface area contributed by atoms with Gasteiger partial charge in [-0.15, -0.1) is 0 Å². The van der Waals surface area contributed by atoms with Gasteiger partial charge in [-0.3, -0.25) is 14.6 Å². The summed E-state index contributed by atoms with van der Waals surface area (Å²) < 4.78 is 17.5. The van der Waals surface area contributed by atoms with E-state index < -0.39 is 0 Å². The first-order valence-corrected chi connectivity index (χ1v) is 14.0. The third-order valence-corrected chi connectivity index (χ3v) is 7.65. The van der Waals surface area contributed by atoms with Gasteiger partial charge in [-0.1, -0.05) is 0 Å². The molecule has 0 amide bonds. The van der Waals surface area contributed by atoms with Gasteiger partial charge < -0.3 is 24.6 Å². The molecule has 5 rings (SSSR count). The normalized spacial score (nSPS) is 18.6. The van der Waals surface area contributed by atoms with Crippen molar-refractivity contribution < 1.29 is 18.7 Å². The van der Waals surface area contributed by atoms with Crippen LogP contribution < -0.4 is 10.1 Å². The Labute approximate surface area is 235 Å². The lowest BCUT2D eigenvalue weighted by Gasteiger charge is -2.36. The Morgan fingerprint density at radius 3 is 2.62 bits per heavy atom. The summed E-state index contributed by atoms with van der Waals surface area (Å²) in [6, 6.07) is 6.19. The highest BCUT2D eigenvalue weighted by Gasteiger charge is 2.23. The van der Waals surface area contributed by atoms with E-state index >= 15 is 0 Å². The molecule has 4 heterocycles. The molecule has 0 radical (unpaired) electrons. The zero-order valence-corrected chi connectivity index (χ0v) is 23.5. The monoisotopic (exact) mass is 546 g/mol. The Balaban J connectivity index is 1.48. The van der Waals surface area contributed by atoms with Gasteiger partial charge in [0.05, 0.1) is 25.4 Å². The molecule has 10 nitrogen and oxygen atoms in total. The third kappa shape index (κ3) is 6.24. The van der Waals surface area contributed by atoms with Crippen LogP contribution in [0.4, 0.5) is 5.69 Å². The van der Waals surface area contributed by atoms with E-state index in [9.17, 15) is 4.79 Å². The molecule has 1 atom stereocenters. The number of carbonyl (C=O) groups excluding carboxylic acids is 1. The summed E-state index contributed by atoms with van der Waals surface area (Å²) in [6.07, 6.45) is 8.35. The van der Waals surface area contributed by atoms with Crippen molar-refractivity contribution in [2.75, 3.05) is 45.2 Å². The van der Waals surface area contributed by atoms with Crippen LogP contribution in [0.5, 0.6) is 5.88 Å². The number of aromatic nitrogens is 2. The maximum absolute atomic E-state index is 11.7. The van der Waals surface area contributed by atoms with Gasteiger partial charge in [0.15, 0.2) is 6.29 Å². The zero-order valence-electron chi connectivity index (χ0n) is 23.5. The zero-order chi connectivity index (χ0) is 28.1. The third-order valence-electron chi connectivity index (χ3n) is 7.65. The molecule has 0 spiro atoms. The number of benzene rings is 1. The van der Waals surface area contributed by atoms with Crippen molar-refractivity contribution in [2.45, 2.75) is 51.9 Å². The molecule has 0 saturated carbocycles. The Hall–Kier alpha value is -3.60. The molecule has 212 valence electrons. The fourth-order valence-corrected chi connectivity index (χ4v) is 5.35. The van der Waals surface area contributed by atoms with Crippen LogP contribution in [0.25, 0.3) is 22.6 Å². The average molecular weight is 547 g/mol. The molecule has 2 aliphatic rings. The summed E-state index contributed by atoms with van der Waals surface area (Å²) in [5.41, 5.74) is 3.99. The van der Waals surface area contributed by atoms with E-state index in [4.69, 9.17) is 19.3 Å². The second-order valence-electron chi connectivity index (χ2n) is 10.6. The van der Waals surface area contributed by atoms with Crippen LogP contribution in [0.3, 0.4) is 0 Å². The van der Waals surface area contributed by atoms with Crippen molar-refractivity contribution in [1.29, 1.82) is 5.41 Å². The Kier molecular flexibility index (Phi) is 8.88. The number of anilines is 1. The number of piperazine rings is 1. The largest absolute Gasteiger partial charge is 0.480 e. The van der Waals surface area contributed by atoms with Gasteiger partial charge in [-0.2, -0.15) is 0 Å². The average Bonchev–Trinajstić information content (AvgIpc) is 3.45. The predicted molar refractivity (Wildman–Crippen MR) is 154 cm³/mol. The number of methoxy groups -OCH3 is 1. The highest BCUT2D eigenvalue weighted by atomic mass is 16.5. The predicted octanol–water partition coefficient (Wildman–Crippen LogP) is 4.69. The van der Waals surface area contributed by atoms with Gasteiger partial charge in [-0.05, 0) is 56.9 Å². The van der Waals surface area contributed by atoms with Gasteiger partial charge >= 0.3 is 0 Å². The molecule has 3 aromatic rings. The minimum atomic E-state index is -0.153. The summed E-state index contributed by atoms with van der Waals surface area (Å²) in [4.78, 5) is 25.5. The Morgan fingerprint density at radius 2 is 1.95 bits per heavy atom. The minimum Gasteiger partial charge on any atom is -0.480 e. The molecule has 40 heavy (non-hydrogen) atoms. The molecule has 2 fully saturated rings. The number of nitrogens with zero attached hydrogens (tertiary/aromatic N) is 4. The molecule has 10 heteroatoms. The first-order chi connectivity index (χ1) is 19.5. The maximum Gasteiger partial charge on any atom is 0.227 e. The van der Waals surface area contributed by atoms with Crippen LogP contribution in [0.2, 0.25) is 0 Å². The SMILES string of the molecule is COc1ncc(-c2cc(NC3CCCCO3)c(C=N)c(-c3ncc(CN4CCN(C(C)C)CC4)o3)c2)cc1C=O. The highest BCUT2D eigenvalue weighted by Crippen LogP contribution is 2.36. The summed E-state index contributed by atoms with van der Waals surface area (Å²) in [5.74, 6) is 1.50. The van der Waals surface area contributed by atoms with E-state index in [-0.39, 0.29) is 12.1 Å². The lowest BCUT2D eigenvalue weighted by molar-refractivity contribution is 0.0343. The Morgan fingerprint density at radius 1 is 1.12 bits per heavy atom. The maximum atomic E-state index is 11.7. The Bertz CT molecular complexity index is 1330. The van der Waals surface area contributed by atoms with Crippen LogP contribution in [-0.4, -0.2) is 84.4 Å². The fraction of sp³-hybridized carbons (Fsp3) is 0.467. The molecule has 2 aromatic heterocycles. The first-order valence-electron chi connectivity index (χ1n) is 14.0. The van der Waals surface area contributed by atoms with E-state index in [1.54, 1.807) is 18.5 Å². The minimum absolute atomic E-state index is 0.153. The van der Waals surface area contributed by atoms with Crippen molar-refractivity contribution in [1.82, 2.24) is 19.8 Å². The molecule has 1 unspecified atom stereocenters. The molecule has 2 saturated heterocycles. The number of oxazole rings is 1. The van der Waals surface area contributed by atoms with Crippen molar-refractivity contribution in [2.24, 2.45) is 0 Å². The fourth-order valence-electron chi connectivity index (χ4n) is 5.35. The highest BCUT2D eigenvalue weighted by molar-refractivity contribution is 5.97. The molecule has 0 aliphatic carbocycles. The van der Waals surface area contributed by atoms with Gasteiger partial charge in [0.25, 0.3) is 0 Å². The van der Waals surface area contributed by atoms with Gasteiger partial charge in [0.2, 0.25) is 11.8 Å². The topological polar surface area (TPSA) is 117 Å². The molecule has 2 N–H and O–H groups in total. The number of rotatable bonds is 10. The van der Waals surface area contributed by atoms with Gasteiger partial charge in [-0.25, -0.2) is 9.97 Å². The second kappa shape index (κ2) is 12.7.